The normalized spacial score (nSPS) is 17.2. The lowest BCUT2D eigenvalue weighted by Gasteiger charge is -2.26. The molecule has 1 aliphatic heterocycles. The number of thioether (sulfide) groups is 1. The molecular weight excluding hydrogens is 358 g/mol. The van der Waals surface area contributed by atoms with Crippen LogP contribution in [0.2, 0.25) is 0 Å². The number of thiocarbonyl (C=S) groups is 1. The molecule has 0 aromatic heterocycles. The summed E-state index contributed by atoms with van der Waals surface area (Å²) in [5.41, 5.74) is 0.808. The summed E-state index contributed by atoms with van der Waals surface area (Å²) < 4.78 is 5.68. The Bertz CT molecular complexity index is 725. The first-order chi connectivity index (χ1) is 11.8. The third-order valence-corrected chi connectivity index (χ3v) is 4.86. The summed E-state index contributed by atoms with van der Waals surface area (Å²) in [6, 6.07) is 6.27. The van der Waals surface area contributed by atoms with Gasteiger partial charge in [-0.05, 0) is 29.7 Å². The Kier molecular flexibility index (Phi) is 6.39. The molecule has 132 valence electrons. The fourth-order valence-corrected chi connectivity index (χ4v) is 3.71. The van der Waals surface area contributed by atoms with Crippen molar-refractivity contribution < 1.29 is 19.4 Å². The van der Waals surface area contributed by atoms with E-state index in [0.717, 1.165) is 17.3 Å². The van der Waals surface area contributed by atoms with E-state index in [-0.39, 0.29) is 16.1 Å². The van der Waals surface area contributed by atoms with Crippen LogP contribution in [-0.2, 0) is 9.59 Å². The van der Waals surface area contributed by atoms with Crippen LogP contribution in [0.3, 0.4) is 0 Å². The molecule has 1 saturated heterocycles. The smallest absolute Gasteiger partial charge is 0.327 e. The molecule has 0 radical (unpaired) electrons. The number of nitrogens with zero attached hydrogens (tertiary/aromatic N) is 1. The fraction of sp³-hybridized carbons (Fsp3) is 0.278. The van der Waals surface area contributed by atoms with E-state index in [1.807, 2.05) is 12.1 Å². The van der Waals surface area contributed by atoms with Gasteiger partial charge in [-0.15, -0.1) is 0 Å². The van der Waals surface area contributed by atoms with E-state index in [1.54, 1.807) is 38.1 Å². The largest absolute Gasteiger partial charge is 0.490 e. The van der Waals surface area contributed by atoms with Crippen molar-refractivity contribution in [1.82, 2.24) is 4.90 Å². The molecule has 1 fully saturated rings. The summed E-state index contributed by atoms with van der Waals surface area (Å²) in [6.07, 6.45) is 3.36. The van der Waals surface area contributed by atoms with Crippen LogP contribution in [0.15, 0.2) is 41.8 Å². The third kappa shape index (κ3) is 4.49. The number of hydrogen-bond donors (Lipinski definition) is 1. The van der Waals surface area contributed by atoms with Gasteiger partial charge in [-0.3, -0.25) is 9.69 Å². The molecule has 1 aliphatic rings. The summed E-state index contributed by atoms with van der Waals surface area (Å²) in [6.45, 7) is 7.52. The predicted octanol–water partition coefficient (Wildman–Crippen LogP) is 3.56. The quantitative estimate of drug-likeness (QED) is 0.445. The van der Waals surface area contributed by atoms with Crippen molar-refractivity contribution in [2.45, 2.75) is 19.9 Å². The Labute approximate surface area is 156 Å². The van der Waals surface area contributed by atoms with Crippen LogP contribution in [0.4, 0.5) is 0 Å². The minimum absolute atomic E-state index is 0.249. The Morgan fingerprint density at radius 2 is 2.04 bits per heavy atom. The zero-order valence-electron chi connectivity index (χ0n) is 14.0. The van der Waals surface area contributed by atoms with Gasteiger partial charge in [0.05, 0.1) is 4.91 Å². The maximum absolute atomic E-state index is 12.6. The second-order valence-electron chi connectivity index (χ2n) is 5.75. The van der Waals surface area contributed by atoms with E-state index >= 15 is 0 Å². The Morgan fingerprint density at radius 1 is 1.40 bits per heavy atom. The minimum Gasteiger partial charge on any atom is -0.490 e. The third-order valence-electron chi connectivity index (χ3n) is 3.53. The highest BCUT2D eigenvalue weighted by molar-refractivity contribution is 8.26. The maximum Gasteiger partial charge on any atom is 0.327 e. The van der Waals surface area contributed by atoms with Crippen molar-refractivity contribution in [2.24, 2.45) is 5.92 Å². The SMILES string of the molecule is C=CCOc1ccc(/C=C2\SC(=S)N([C@H](C(=O)O)C(C)C)C2=O)cc1. The molecular formula is C18H19NO4S2. The molecule has 25 heavy (non-hydrogen) atoms. The monoisotopic (exact) mass is 377 g/mol. The van der Waals surface area contributed by atoms with Gasteiger partial charge in [-0.25, -0.2) is 4.79 Å². The molecule has 1 heterocycles. The van der Waals surface area contributed by atoms with Gasteiger partial charge in [0.2, 0.25) is 0 Å². The number of ether oxygens (including phenoxy) is 1. The minimum atomic E-state index is -1.06. The fourth-order valence-electron chi connectivity index (χ4n) is 2.38. The number of rotatable bonds is 7. The van der Waals surface area contributed by atoms with Gasteiger partial charge >= 0.3 is 5.97 Å². The first-order valence-corrected chi connectivity index (χ1v) is 8.91. The average molecular weight is 377 g/mol. The van der Waals surface area contributed by atoms with Crippen molar-refractivity contribution in [2.75, 3.05) is 6.61 Å². The highest BCUT2D eigenvalue weighted by atomic mass is 32.2. The zero-order valence-corrected chi connectivity index (χ0v) is 15.6. The van der Waals surface area contributed by atoms with Crippen molar-refractivity contribution in [3.05, 3.63) is 47.4 Å². The molecule has 1 N–H and O–H groups in total. The van der Waals surface area contributed by atoms with Gasteiger partial charge in [-0.1, -0.05) is 62.6 Å². The van der Waals surface area contributed by atoms with Gasteiger partial charge in [0.1, 0.15) is 22.7 Å². The first kappa shape index (κ1) is 19.2. The number of carbonyl (C=O) groups is 2. The molecule has 0 bridgehead atoms. The highest BCUT2D eigenvalue weighted by Gasteiger charge is 2.41. The summed E-state index contributed by atoms with van der Waals surface area (Å²) in [5.74, 6) is -0.977. The average Bonchev–Trinajstić information content (AvgIpc) is 2.81. The van der Waals surface area contributed by atoms with E-state index in [0.29, 0.717) is 17.3 Å². The van der Waals surface area contributed by atoms with Crippen molar-refractivity contribution in [1.29, 1.82) is 0 Å². The van der Waals surface area contributed by atoms with Crippen LogP contribution in [-0.4, -0.2) is 38.9 Å². The lowest BCUT2D eigenvalue weighted by molar-refractivity contribution is -0.146. The molecule has 1 atom stereocenters. The number of carbonyl (C=O) groups excluding carboxylic acids is 1. The molecule has 0 saturated carbocycles. The van der Waals surface area contributed by atoms with Gasteiger partial charge < -0.3 is 9.84 Å². The lowest BCUT2D eigenvalue weighted by atomic mass is 10.0. The van der Waals surface area contributed by atoms with Crippen LogP contribution in [0, 0.1) is 5.92 Å². The Hall–Kier alpha value is -2.12. The second-order valence-corrected chi connectivity index (χ2v) is 7.42. The molecule has 0 spiro atoms. The van der Waals surface area contributed by atoms with Crippen LogP contribution in [0.25, 0.3) is 6.08 Å². The van der Waals surface area contributed by atoms with Crippen molar-refractivity contribution in [3.63, 3.8) is 0 Å². The first-order valence-electron chi connectivity index (χ1n) is 7.68. The lowest BCUT2D eigenvalue weighted by Crippen LogP contribution is -2.47. The topological polar surface area (TPSA) is 66.8 Å². The van der Waals surface area contributed by atoms with Crippen LogP contribution >= 0.6 is 24.0 Å². The van der Waals surface area contributed by atoms with Gasteiger partial charge in [0, 0.05) is 0 Å². The van der Waals surface area contributed by atoms with Crippen LogP contribution < -0.4 is 4.74 Å². The van der Waals surface area contributed by atoms with E-state index in [4.69, 9.17) is 17.0 Å². The molecule has 5 nitrogen and oxygen atoms in total. The van der Waals surface area contributed by atoms with Crippen molar-refractivity contribution >= 4 is 46.3 Å². The highest BCUT2D eigenvalue weighted by Crippen LogP contribution is 2.35. The summed E-state index contributed by atoms with van der Waals surface area (Å²) in [5, 5.41) is 9.41. The van der Waals surface area contributed by atoms with E-state index < -0.39 is 12.0 Å². The zero-order chi connectivity index (χ0) is 18.6. The standard InChI is InChI=1S/C18H19NO4S2/c1-4-9-23-13-7-5-12(6-8-13)10-14-16(20)19(18(24)25-14)15(11(2)3)17(21)22/h4-8,10-11,15H,1,9H2,2-3H3,(H,21,22)/b14-10-/t15-/m0/s1. The number of aliphatic carboxylic acids is 1. The molecule has 1 aromatic rings. The number of amides is 1. The van der Waals surface area contributed by atoms with E-state index in [2.05, 4.69) is 6.58 Å². The number of carboxylic acids is 1. The van der Waals surface area contributed by atoms with Gasteiger partial charge in [0.15, 0.2) is 0 Å². The molecule has 0 aliphatic carbocycles. The van der Waals surface area contributed by atoms with Gasteiger partial charge in [-0.2, -0.15) is 0 Å². The summed E-state index contributed by atoms with van der Waals surface area (Å²) in [4.78, 5) is 25.7. The second kappa shape index (κ2) is 8.31. The van der Waals surface area contributed by atoms with Crippen LogP contribution in [0.1, 0.15) is 19.4 Å². The number of benzene rings is 1. The molecule has 0 unspecified atom stereocenters. The molecule has 1 amide bonds. The Morgan fingerprint density at radius 3 is 2.56 bits per heavy atom. The summed E-state index contributed by atoms with van der Waals surface area (Å²) in [7, 11) is 0. The molecule has 7 heteroatoms. The van der Waals surface area contributed by atoms with Crippen molar-refractivity contribution in [3.8, 4) is 5.75 Å². The number of hydrogen-bond acceptors (Lipinski definition) is 5. The van der Waals surface area contributed by atoms with Gasteiger partial charge in [0.25, 0.3) is 5.91 Å². The van der Waals surface area contributed by atoms with Crippen LogP contribution in [0.5, 0.6) is 5.75 Å². The maximum atomic E-state index is 12.6. The Balaban J connectivity index is 2.22. The van der Waals surface area contributed by atoms with E-state index in [9.17, 15) is 14.7 Å². The summed E-state index contributed by atoms with van der Waals surface area (Å²) >= 11 is 6.35. The molecule has 2 rings (SSSR count). The predicted molar refractivity (Wildman–Crippen MR) is 103 cm³/mol. The molecule has 1 aromatic carbocycles. The van der Waals surface area contributed by atoms with E-state index in [1.165, 1.54) is 4.90 Å². The number of carboxylic acid groups (broad SMARTS) is 1.